The average Bonchev–Trinajstić information content (AvgIpc) is 2.61. The van der Waals surface area contributed by atoms with Gasteiger partial charge >= 0.3 is 0 Å². The summed E-state index contributed by atoms with van der Waals surface area (Å²) < 4.78 is 5.21. The summed E-state index contributed by atoms with van der Waals surface area (Å²) in [6, 6.07) is 2.17. The lowest BCUT2D eigenvalue weighted by Gasteiger charge is -2.22. The molecule has 2 aliphatic rings. The van der Waals surface area contributed by atoms with Crippen LogP contribution in [0.25, 0.3) is 0 Å². The van der Waals surface area contributed by atoms with E-state index in [4.69, 9.17) is 21.6 Å². The van der Waals surface area contributed by atoms with Crippen molar-refractivity contribution in [3.63, 3.8) is 0 Å². The number of halogens is 1. The van der Waals surface area contributed by atoms with Crippen molar-refractivity contribution in [1.82, 2.24) is 0 Å². The van der Waals surface area contributed by atoms with Crippen LogP contribution in [0.4, 0.5) is 0 Å². The van der Waals surface area contributed by atoms with Gasteiger partial charge < -0.3 is 4.74 Å². The summed E-state index contributed by atoms with van der Waals surface area (Å²) in [7, 11) is 1.61. The zero-order chi connectivity index (χ0) is 9.59. The summed E-state index contributed by atoms with van der Waals surface area (Å²) >= 11 is 5.93. The van der Waals surface area contributed by atoms with Crippen molar-refractivity contribution in [3.05, 3.63) is 0 Å². The molecule has 0 aromatic heterocycles. The molecule has 5 atom stereocenters. The van der Waals surface area contributed by atoms with E-state index in [1.165, 1.54) is 0 Å². The van der Waals surface area contributed by atoms with Gasteiger partial charge in [0.25, 0.3) is 0 Å². The Balaban J connectivity index is 2.30. The molecule has 2 aliphatic carbocycles. The molecule has 70 valence electrons. The number of rotatable bonds is 1. The lowest BCUT2D eigenvalue weighted by atomic mass is 9.96. The summed E-state index contributed by atoms with van der Waals surface area (Å²) in [6.45, 7) is 0. The molecule has 4 heteroatoms. The van der Waals surface area contributed by atoms with Crippen molar-refractivity contribution in [2.75, 3.05) is 7.11 Å². The van der Waals surface area contributed by atoms with Crippen LogP contribution < -0.4 is 0 Å². The first-order valence-corrected chi connectivity index (χ1v) is 4.74. The first-order chi connectivity index (χ1) is 6.20. The maximum absolute atomic E-state index is 11.5. The molecule has 2 saturated carbocycles. The Morgan fingerprint density at radius 2 is 2.38 bits per heavy atom. The fourth-order valence-corrected chi connectivity index (χ4v) is 3.02. The smallest absolute Gasteiger partial charge is 0.155 e. The Kier molecular flexibility index (Phi) is 2.05. The number of fused-ring (bicyclic) bond motifs is 2. The van der Waals surface area contributed by atoms with Crippen LogP contribution >= 0.6 is 11.6 Å². The van der Waals surface area contributed by atoms with Crippen LogP contribution in [0.2, 0.25) is 0 Å². The lowest BCUT2D eigenvalue weighted by Crippen LogP contribution is -2.33. The third-order valence-electron chi connectivity index (χ3n) is 3.19. The van der Waals surface area contributed by atoms with Gasteiger partial charge in [-0.15, -0.1) is 11.6 Å². The number of carbonyl (C=O) groups excluding carboxylic acids is 1. The molecule has 3 nitrogen and oxygen atoms in total. The summed E-state index contributed by atoms with van der Waals surface area (Å²) in [5.74, 6) is -0.455. The number of nitriles is 1. The summed E-state index contributed by atoms with van der Waals surface area (Å²) in [4.78, 5) is 11.5. The largest absolute Gasteiger partial charge is 0.381 e. The van der Waals surface area contributed by atoms with Crippen LogP contribution in [0.1, 0.15) is 6.42 Å². The highest BCUT2D eigenvalue weighted by Gasteiger charge is 2.59. The van der Waals surface area contributed by atoms with Crippen LogP contribution in [0.3, 0.4) is 0 Å². The highest BCUT2D eigenvalue weighted by Crippen LogP contribution is 2.50. The second-order valence-corrected chi connectivity index (χ2v) is 4.12. The molecule has 5 unspecified atom stereocenters. The van der Waals surface area contributed by atoms with E-state index in [1.54, 1.807) is 7.11 Å². The van der Waals surface area contributed by atoms with Gasteiger partial charge in [-0.2, -0.15) is 5.26 Å². The molecule has 0 aromatic rings. The molecule has 0 radical (unpaired) electrons. The molecule has 2 bridgehead atoms. The topological polar surface area (TPSA) is 50.1 Å². The molecule has 0 amide bonds. The van der Waals surface area contributed by atoms with Crippen molar-refractivity contribution in [3.8, 4) is 6.07 Å². The maximum Gasteiger partial charge on any atom is 0.155 e. The van der Waals surface area contributed by atoms with Crippen molar-refractivity contribution in [2.24, 2.45) is 17.8 Å². The molecule has 0 spiro atoms. The third-order valence-corrected chi connectivity index (χ3v) is 3.70. The molecule has 13 heavy (non-hydrogen) atoms. The van der Waals surface area contributed by atoms with E-state index < -0.39 is 5.38 Å². The van der Waals surface area contributed by atoms with Crippen molar-refractivity contribution >= 4 is 17.4 Å². The minimum absolute atomic E-state index is 0.00477. The molecular formula is C9H10ClNO2. The number of nitrogens with zero attached hydrogens (tertiary/aromatic N) is 1. The van der Waals surface area contributed by atoms with Crippen molar-refractivity contribution in [2.45, 2.75) is 17.9 Å². The van der Waals surface area contributed by atoms with Gasteiger partial charge in [0.05, 0.1) is 23.5 Å². The second kappa shape index (κ2) is 2.97. The number of ketones is 1. The summed E-state index contributed by atoms with van der Waals surface area (Å²) in [5.41, 5.74) is 0. The van der Waals surface area contributed by atoms with E-state index in [9.17, 15) is 4.79 Å². The Morgan fingerprint density at radius 3 is 2.85 bits per heavy atom. The minimum atomic E-state index is -0.506. The van der Waals surface area contributed by atoms with E-state index >= 15 is 0 Å². The maximum atomic E-state index is 11.5. The van der Waals surface area contributed by atoms with E-state index in [0.717, 1.165) is 0 Å². The van der Waals surface area contributed by atoms with E-state index in [1.807, 2.05) is 0 Å². The third kappa shape index (κ3) is 1.02. The fraction of sp³-hybridized carbons (Fsp3) is 0.778. The highest BCUT2D eigenvalue weighted by molar-refractivity contribution is 6.32. The average molecular weight is 200 g/mol. The minimum Gasteiger partial charge on any atom is -0.381 e. The van der Waals surface area contributed by atoms with Gasteiger partial charge in [0.15, 0.2) is 5.78 Å². The van der Waals surface area contributed by atoms with E-state index in [0.29, 0.717) is 6.42 Å². The molecule has 0 saturated heterocycles. The van der Waals surface area contributed by atoms with E-state index in [-0.39, 0.29) is 29.6 Å². The van der Waals surface area contributed by atoms with Gasteiger partial charge in [-0.05, 0) is 6.42 Å². The van der Waals surface area contributed by atoms with Gasteiger partial charge in [0.2, 0.25) is 0 Å². The van der Waals surface area contributed by atoms with Crippen molar-refractivity contribution < 1.29 is 9.53 Å². The Labute approximate surface area is 81.6 Å². The SMILES string of the molecule is COC1CC2C(=O)C(Cl)C1C2C#N. The van der Waals surface area contributed by atoms with E-state index in [2.05, 4.69) is 6.07 Å². The predicted octanol–water partition coefficient (Wildman–Crippen LogP) is 0.967. The molecule has 0 aliphatic heterocycles. The molecular weight excluding hydrogens is 190 g/mol. The molecule has 2 rings (SSSR count). The molecule has 0 heterocycles. The van der Waals surface area contributed by atoms with Crippen LogP contribution in [-0.4, -0.2) is 24.4 Å². The van der Waals surface area contributed by atoms with Gasteiger partial charge in [-0.3, -0.25) is 4.79 Å². The van der Waals surface area contributed by atoms with Crippen LogP contribution in [0.5, 0.6) is 0 Å². The van der Waals surface area contributed by atoms with Crippen molar-refractivity contribution in [1.29, 1.82) is 5.26 Å². The summed E-state index contributed by atoms with van der Waals surface area (Å²) in [5, 5.41) is 8.37. The monoisotopic (exact) mass is 199 g/mol. The highest BCUT2D eigenvalue weighted by atomic mass is 35.5. The molecule has 0 aromatic carbocycles. The molecule has 0 N–H and O–H groups in total. The van der Waals surface area contributed by atoms with Crippen LogP contribution in [0.15, 0.2) is 0 Å². The number of hydrogen-bond acceptors (Lipinski definition) is 3. The number of carbonyl (C=O) groups is 1. The van der Waals surface area contributed by atoms with Crippen LogP contribution in [0, 0.1) is 29.1 Å². The fourth-order valence-electron chi connectivity index (χ4n) is 2.54. The first-order valence-electron chi connectivity index (χ1n) is 4.31. The lowest BCUT2D eigenvalue weighted by molar-refractivity contribution is -0.123. The number of ether oxygens (including phenoxy) is 1. The zero-order valence-corrected chi connectivity index (χ0v) is 7.99. The van der Waals surface area contributed by atoms with Gasteiger partial charge in [-0.1, -0.05) is 0 Å². The quantitative estimate of drug-likeness (QED) is 0.592. The first kappa shape index (κ1) is 8.98. The zero-order valence-electron chi connectivity index (χ0n) is 7.24. The normalized spacial score (nSPS) is 48.1. The Bertz CT molecular complexity index is 286. The number of hydrogen-bond donors (Lipinski definition) is 0. The Hall–Kier alpha value is -0.590. The Morgan fingerprint density at radius 1 is 1.69 bits per heavy atom. The number of Topliss-reactive ketones (excluding diaryl/α,β-unsaturated/α-hetero) is 1. The van der Waals surface area contributed by atoms with Gasteiger partial charge in [-0.25, -0.2) is 0 Å². The standard InChI is InChI=1S/C9H10ClNO2/c1-13-6-2-4-5(3-11)7(6)8(10)9(4)12/h4-8H,2H2,1H3. The van der Waals surface area contributed by atoms with Crippen LogP contribution in [-0.2, 0) is 9.53 Å². The summed E-state index contributed by atoms with van der Waals surface area (Å²) in [6.07, 6.45) is 0.663. The molecule has 2 fully saturated rings. The number of alkyl halides is 1. The predicted molar refractivity (Wildman–Crippen MR) is 46.1 cm³/mol. The second-order valence-electron chi connectivity index (χ2n) is 3.65. The van der Waals surface area contributed by atoms with Gasteiger partial charge in [0, 0.05) is 18.9 Å². The van der Waals surface area contributed by atoms with Gasteiger partial charge in [0.1, 0.15) is 0 Å². The number of methoxy groups -OCH3 is 1.